The van der Waals surface area contributed by atoms with Crippen LogP contribution in [0.4, 0.5) is 0 Å². The van der Waals surface area contributed by atoms with Crippen LogP contribution in [0.2, 0.25) is 0 Å². The quantitative estimate of drug-likeness (QED) is 0.864. The lowest BCUT2D eigenvalue weighted by Gasteiger charge is -2.23. The van der Waals surface area contributed by atoms with Crippen molar-refractivity contribution in [2.24, 2.45) is 0 Å². The highest BCUT2D eigenvalue weighted by Crippen LogP contribution is 2.32. The largest absolute Gasteiger partial charge is 0.490 e. The molecule has 2 N–H and O–H groups in total. The lowest BCUT2D eigenvalue weighted by Crippen LogP contribution is -2.32. The maximum absolute atomic E-state index is 10.2. The Morgan fingerprint density at radius 2 is 2.00 bits per heavy atom. The summed E-state index contributed by atoms with van der Waals surface area (Å²) in [5, 5.41) is 20.0. The molecule has 1 aliphatic carbocycles. The molecule has 0 aliphatic heterocycles. The van der Waals surface area contributed by atoms with Crippen LogP contribution in [0, 0.1) is 6.92 Å². The van der Waals surface area contributed by atoms with Crippen LogP contribution in [0.25, 0.3) is 0 Å². The minimum atomic E-state index is -0.680. The van der Waals surface area contributed by atoms with E-state index in [0.29, 0.717) is 12.4 Å². The van der Waals surface area contributed by atoms with Gasteiger partial charge in [-0.25, -0.2) is 0 Å². The Morgan fingerprint density at radius 3 is 2.61 bits per heavy atom. The SMILES string of the molecule is Cc1ccc(OCC2(O)CCCC2)c([C@@H](C)O)c1. The summed E-state index contributed by atoms with van der Waals surface area (Å²) in [7, 11) is 0. The molecule has 0 unspecified atom stereocenters. The van der Waals surface area contributed by atoms with Crippen molar-refractivity contribution in [1.82, 2.24) is 0 Å². The first-order valence-corrected chi connectivity index (χ1v) is 6.64. The standard InChI is InChI=1S/C15H22O3/c1-11-5-6-14(13(9-11)12(2)16)18-10-15(17)7-3-4-8-15/h5-6,9,12,16-17H,3-4,7-8,10H2,1-2H3/t12-/m1/s1. The van der Waals surface area contributed by atoms with E-state index in [-0.39, 0.29) is 0 Å². The zero-order valence-electron chi connectivity index (χ0n) is 11.1. The number of rotatable bonds is 4. The Kier molecular flexibility index (Phi) is 3.93. The summed E-state index contributed by atoms with van der Waals surface area (Å²) in [4.78, 5) is 0. The lowest BCUT2D eigenvalue weighted by atomic mass is 10.0. The normalized spacial score (nSPS) is 19.8. The first-order valence-electron chi connectivity index (χ1n) is 6.64. The molecule has 1 saturated carbocycles. The molecule has 0 bridgehead atoms. The van der Waals surface area contributed by atoms with Crippen LogP contribution in [0.1, 0.15) is 49.8 Å². The van der Waals surface area contributed by atoms with E-state index in [9.17, 15) is 10.2 Å². The van der Waals surface area contributed by atoms with Crippen LogP contribution in [-0.2, 0) is 0 Å². The van der Waals surface area contributed by atoms with Crippen molar-refractivity contribution in [3.05, 3.63) is 29.3 Å². The molecule has 0 amide bonds. The highest BCUT2D eigenvalue weighted by molar-refractivity contribution is 5.38. The molecular formula is C15H22O3. The number of benzene rings is 1. The molecule has 2 rings (SSSR count). The number of hydrogen-bond donors (Lipinski definition) is 2. The fourth-order valence-corrected chi connectivity index (χ4v) is 2.52. The summed E-state index contributed by atoms with van der Waals surface area (Å²) in [6.07, 6.45) is 3.19. The van der Waals surface area contributed by atoms with Crippen molar-refractivity contribution < 1.29 is 14.9 Å². The van der Waals surface area contributed by atoms with Gasteiger partial charge in [0.1, 0.15) is 12.4 Å². The summed E-state index contributed by atoms with van der Waals surface area (Å²) in [5.41, 5.74) is 1.20. The van der Waals surface area contributed by atoms with E-state index in [2.05, 4.69) is 0 Å². The Hall–Kier alpha value is -1.06. The van der Waals surface area contributed by atoms with E-state index >= 15 is 0 Å². The molecule has 3 nitrogen and oxygen atoms in total. The van der Waals surface area contributed by atoms with Gasteiger partial charge < -0.3 is 14.9 Å². The molecule has 0 radical (unpaired) electrons. The van der Waals surface area contributed by atoms with E-state index in [1.165, 1.54) is 0 Å². The molecular weight excluding hydrogens is 228 g/mol. The van der Waals surface area contributed by atoms with Gasteiger partial charge in [0.2, 0.25) is 0 Å². The summed E-state index contributed by atoms with van der Waals surface area (Å²) in [6.45, 7) is 4.03. The van der Waals surface area contributed by atoms with Crippen molar-refractivity contribution in [2.45, 2.75) is 51.2 Å². The molecule has 1 aromatic rings. The van der Waals surface area contributed by atoms with Crippen molar-refractivity contribution in [3.8, 4) is 5.75 Å². The third-order valence-electron chi connectivity index (χ3n) is 3.65. The van der Waals surface area contributed by atoms with Gasteiger partial charge in [-0.05, 0) is 38.8 Å². The van der Waals surface area contributed by atoms with E-state index in [1.54, 1.807) is 6.92 Å². The molecule has 0 heterocycles. The molecule has 1 atom stereocenters. The Bertz CT molecular complexity index is 406. The van der Waals surface area contributed by atoms with Gasteiger partial charge in [-0.3, -0.25) is 0 Å². The molecule has 100 valence electrons. The summed E-state index contributed by atoms with van der Waals surface area (Å²) in [6, 6.07) is 5.76. The summed E-state index contributed by atoms with van der Waals surface area (Å²) < 4.78 is 5.73. The molecule has 0 saturated heterocycles. The number of aryl methyl sites for hydroxylation is 1. The van der Waals surface area contributed by atoms with E-state index < -0.39 is 11.7 Å². The first-order chi connectivity index (χ1) is 8.50. The van der Waals surface area contributed by atoms with Gasteiger partial charge in [-0.2, -0.15) is 0 Å². The zero-order valence-corrected chi connectivity index (χ0v) is 11.1. The van der Waals surface area contributed by atoms with Gasteiger partial charge in [0.25, 0.3) is 0 Å². The van der Waals surface area contributed by atoms with E-state index in [4.69, 9.17) is 4.74 Å². The predicted octanol–water partition coefficient (Wildman–Crippen LogP) is 2.73. The number of aliphatic hydroxyl groups excluding tert-OH is 1. The maximum atomic E-state index is 10.2. The summed E-state index contributed by atoms with van der Waals surface area (Å²) in [5.74, 6) is 0.677. The second-order valence-electron chi connectivity index (χ2n) is 5.44. The van der Waals surface area contributed by atoms with Gasteiger partial charge in [0.15, 0.2) is 0 Å². The average Bonchev–Trinajstić information content (AvgIpc) is 2.75. The average molecular weight is 250 g/mol. The topological polar surface area (TPSA) is 49.7 Å². The van der Waals surface area contributed by atoms with Crippen LogP contribution in [-0.4, -0.2) is 22.4 Å². The van der Waals surface area contributed by atoms with Crippen molar-refractivity contribution >= 4 is 0 Å². The first kappa shape index (κ1) is 13.4. The van der Waals surface area contributed by atoms with Crippen LogP contribution in [0.5, 0.6) is 5.75 Å². The highest BCUT2D eigenvalue weighted by atomic mass is 16.5. The van der Waals surface area contributed by atoms with Crippen molar-refractivity contribution in [2.75, 3.05) is 6.61 Å². The smallest absolute Gasteiger partial charge is 0.125 e. The third-order valence-corrected chi connectivity index (χ3v) is 3.65. The van der Waals surface area contributed by atoms with Crippen LogP contribution in [0.3, 0.4) is 0 Å². The van der Waals surface area contributed by atoms with Gasteiger partial charge in [0.05, 0.1) is 11.7 Å². The third kappa shape index (κ3) is 3.03. The van der Waals surface area contributed by atoms with Crippen molar-refractivity contribution in [3.63, 3.8) is 0 Å². The fraction of sp³-hybridized carbons (Fsp3) is 0.600. The minimum absolute atomic E-state index is 0.315. The Balaban J connectivity index is 2.09. The molecule has 3 heteroatoms. The van der Waals surface area contributed by atoms with Gasteiger partial charge in [-0.1, -0.05) is 24.5 Å². The number of hydrogen-bond acceptors (Lipinski definition) is 3. The van der Waals surface area contributed by atoms with E-state index in [0.717, 1.165) is 36.8 Å². The zero-order chi connectivity index (χ0) is 13.2. The molecule has 0 aromatic heterocycles. The number of ether oxygens (including phenoxy) is 1. The lowest BCUT2D eigenvalue weighted by molar-refractivity contribution is 0.000470. The second-order valence-corrected chi connectivity index (χ2v) is 5.44. The Morgan fingerprint density at radius 1 is 1.33 bits per heavy atom. The number of aliphatic hydroxyl groups is 2. The minimum Gasteiger partial charge on any atom is -0.490 e. The fourth-order valence-electron chi connectivity index (χ4n) is 2.52. The molecule has 0 spiro atoms. The molecule has 1 aliphatic rings. The van der Waals surface area contributed by atoms with Crippen LogP contribution in [0.15, 0.2) is 18.2 Å². The van der Waals surface area contributed by atoms with Crippen molar-refractivity contribution in [1.29, 1.82) is 0 Å². The molecule has 1 fully saturated rings. The Labute approximate surface area is 108 Å². The van der Waals surface area contributed by atoms with Gasteiger partial charge in [-0.15, -0.1) is 0 Å². The predicted molar refractivity (Wildman–Crippen MR) is 70.7 cm³/mol. The van der Waals surface area contributed by atoms with Crippen LogP contribution < -0.4 is 4.74 Å². The second kappa shape index (κ2) is 5.29. The highest BCUT2D eigenvalue weighted by Gasteiger charge is 2.32. The summed E-state index contributed by atoms with van der Waals surface area (Å²) >= 11 is 0. The maximum Gasteiger partial charge on any atom is 0.125 e. The van der Waals surface area contributed by atoms with Crippen LogP contribution >= 0.6 is 0 Å². The van der Waals surface area contributed by atoms with Gasteiger partial charge in [0, 0.05) is 5.56 Å². The monoisotopic (exact) mass is 250 g/mol. The molecule has 18 heavy (non-hydrogen) atoms. The van der Waals surface area contributed by atoms with Gasteiger partial charge >= 0.3 is 0 Å². The van der Waals surface area contributed by atoms with E-state index in [1.807, 2.05) is 25.1 Å². The molecule has 1 aromatic carbocycles.